The van der Waals surface area contributed by atoms with Crippen LogP contribution in [0.4, 0.5) is 30.2 Å². The van der Waals surface area contributed by atoms with E-state index < -0.39 is 16.7 Å². The molecule has 1 heterocycles. The predicted octanol–water partition coefficient (Wildman–Crippen LogP) is 5.98. The first-order valence-electron chi connectivity index (χ1n) is 7.35. The van der Waals surface area contributed by atoms with Crippen LogP contribution in [-0.2, 0) is 6.18 Å². The van der Waals surface area contributed by atoms with Crippen molar-refractivity contribution in [3.63, 3.8) is 0 Å². The zero-order valence-electron chi connectivity index (χ0n) is 13.3. The highest BCUT2D eigenvalue weighted by molar-refractivity contribution is 9.10. The van der Waals surface area contributed by atoms with Gasteiger partial charge in [-0.3, -0.25) is 10.1 Å². The molecule has 0 fully saturated rings. The van der Waals surface area contributed by atoms with Crippen molar-refractivity contribution in [2.24, 2.45) is 0 Å². The molecule has 0 saturated carbocycles. The second kappa shape index (κ2) is 6.56. The maximum Gasteiger partial charge on any atom is 0.416 e. The molecular weight excluding hydrogens is 415 g/mol. The molecule has 0 spiro atoms. The third kappa shape index (κ3) is 3.34. The van der Waals surface area contributed by atoms with E-state index in [4.69, 9.17) is 0 Å². The zero-order valence-corrected chi connectivity index (χ0v) is 14.9. The molecular formula is C17H11BrF3N3O2. The van der Waals surface area contributed by atoms with Gasteiger partial charge in [0.25, 0.3) is 0 Å². The number of aromatic nitrogens is 1. The number of pyridine rings is 1. The summed E-state index contributed by atoms with van der Waals surface area (Å²) in [6, 6.07) is 8.67. The van der Waals surface area contributed by atoms with Crippen LogP contribution in [0.3, 0.4) is 0 Å². The summed E-state index contributed by atoms with van der Waals surface area (Å²) >= 11 is 3.29. The van der Waals surface area contributed by atoms with Crippen LogP contribution in [0.1, 0.15) is 11.1 Å². The number of halogens is 4. The smallest absolute Gasteiger partial charge is 0.349 e. The number of rotatable bonds is 3. The maximum absolute atomic E-state index is 13.1. The minimum Gasteiger partial charge on any atom is -0.349 e. The van der Waals surface area contributed by atoms with Gasteiger partial charge in [-0.15, -0.1) is 0 Å². The van der Waals surface area contributed by atoms with Gasteiger partial charge in [-0.05, 0) is 42.8 Å². The van der Waals surface area contributed by atoms with Crippen LogP contribution in [-0.4, -0.2) is 9.91 Å². The zero-order chi connectivity index (χ0) is 19.1. The molecule has 5 nitrogen and oxygen atoms in total. The number of hydrogen-bond acceptors (Lipinski definition) is 4. The Morgan fingerprint density at radius 3 is 2.62 bits per heavy atom. The quantitative estimate of drug-likeness (QED) is 0.414. The summed E-state index contributed by atoms with van der Waals surface area (Å²) in [6.45, 7) is 1.32. The molecule has 0 saturated heterocycles. The summed E-state index contributed by atoms with van der Waals surface area (Å²) < 4.78 is 40.0. The largest absolute Gasteiger partial charge is 0.416 e. The molecule has 0 radical (unpaired) electrons. The highest BCUT2D eigenvalue weighted by Crippen LogP contribution is 2.39. The van der Waals surface area contributed by atoms with E-state index in [1.807, 2.05) is 0 Å². The molecule has 1 N–H and O–H groups in total. The van der Waals surface area contributed by atoms with E-state index in [-0.39, 0.29) is 22.6 Å². The first-order valence-corrected chi connectivity index (χ1v) is 8.14. The fourth-order valence-corrected chi connectivity index (χ4v) is 3.00. The Bertz CT molecular complexity index is 1020. The van der Waals surface area contributed by atoms with Crippen LogP contribution in [0.15, 0.2) is 47.1 Å². The average molecular weight is 426 g/mol. The van der Waals surface area contributed by atoms with Gasteiger partial charge in [-0.2, -0.15) is 13.2 Å². The van der Waals surface area contributed by atoms with Gasteiger partial charge < -0.3 is 5.32 Å². The summed E-state index contributed by atoms with van der Waals surface area (Å²) in [5.41, 5.74) is -0.476. The van der Waals surface area contributed by atoms with E-state index in [0.717, 1.165) is 12.3 Å². The minimum atomic E-state index is -4.52. The van der Waals surface area contributed by atoms with E-state index in [2.05, 4.69) is 26.2 Å². The molecule has 26 heavy (non-hydrogen) atoms. The fraction of sp³-hybridized carbons (Fsp3) is 0.118. The van der Waals surface area contributed by atoms with E-state index in [0.29, 0.717) is 15.4 Å². The number of nitrogens with one attached hydrogen (secondary N) is 1. The number of anilines is 2. The number of hydrogen-bond donors (Lipinski definition) is 1. The molecule has 2 aromatic carbocycles. The van der Waals surface area contributed by atoms with Crippen LogP contribution < -0.4 is 5.32 Å². The third-order valence-corrected chi connectivity index (χ3v) is 4.40. The molecule has 0 aliphatic rings. The molecule has 3 aromatic rings. The van der Waals surface area contributed by atoms with Gasteiger partial charge >= 0.3 is 11.9 Å². The molecule has 3 rings (SSSR count). The van der Waals surface area contributed by atoms with Crippen LogP contribution in [0.5, 0.6) is 0 Å². The lowest BCUT2D eigenvalue weighted by Gasteiger charge is -2.16. The topological polar surface area (TPSA) is 68.1 Å². The fourth-order valence-electron chi connectivity index (χ4n) is 2.64. The average Bonchev–Trinajstić information content (AvgIpc) is 2.55. The van der Waals surface area contributed by atoms with Crippen LogP contribution in [0, 0.1) is 17.0 Å². The van der Waals surface area contributed by atoms with Gasteiger partial charge in [0.05, 0.1) is 16.0 Å². The van der Waals surface area contributed by atoms with Gasteiger partial charge in [-0.25, -0.2) is 4.98 Å². The van der Waals surface area contributed by atoms with E-state index in [1.165, 1.54) is 19.1 Å². The van der Waals surface area contributed by atoms with Crippen LogP contribution in [0.2, 0.25) is 0 Å². The Hall–Kier alpha value is -2.68. The lowest BCUT2D eigenvalue weighted by atomic mass is 10.1. The first kappa shape index (κ1) is 18.1. The van der Waals surface area contributed by atoms with Crippen molar-refractivity contribution in [1.29, 1.82) is 0 Å². The van der Waals surface area contributed by atoms with Gasteiger partial charge in [0.15, 0.2) is 0 Å². The van der Waals surface area contributed by atoms with E-state index >= 15 is 0 Å². The van der Waals surface area contributed by atoms with Crippen molar-refractivity contribution in [3.8, 4) is 0 Å². The monoisotopic (exact) mass is 425 g/mol. The number of nitro groups is 1. The Morgan fingerprint density at radius 1 is 1.23 bits per heavy atom. The second-order valence-corrected chi connectivity index (χ2v) is 6.45. The molecule has 9 heteroatoms. The molecule has 0 aliphatic carbocycles. The highest BCUT2D eigenvalue weighted by Gasteiger charge is 2.33. The molecule has 0 amide bonds. The van der Waals surface area contributed by atoms with Gasteiger partial charge in [0.1, 0.15) is 11.9 Å². The van der Waals surface area contributed by atoms with E-state index in [9.17, 15) is 23.3 Å². The van der Waals surface area contributed by atoms with Crippen molar-refractivity contribution < 1.29 is 18.1 Å². The molecule has 1 aromatic heterocycles. The molecule has 134 valence electrons. The summed E-state index contributed by atoms with van der Waals surface area (Å²) in [7, 11) is 0. The summed E-state index contributed by atoms with van der Waals surface area (Å²) in [5.74, 6) is 0. The molecule has 0 aliphatic heterocycles. The Kier molecular flexibility index (Phi) is 4.57. The van der Waals surface area contributed by atoms with Crippen molar-refractivity contribution >= 4 is 43.9 Å². The van der Waals surface area contributed by atoms with Crippen molar-refractivity contribution in [3.05, 3.63) is 68.3 Å². The SMILES string of the molecule is Cc1c(Nc2c([N+](=O)[O-])cnc3ccc(Br)cc23)cccc1C(F)(F)F. The number of benzene rings is 2. The van der Waals surface area contributed by atoms with Crippen LogP contribution >= 0.6 is 15.9 Å². The molecule has 0 unspecified atom stereocenters. The van der Waals surface area contributed by atoms with Crippen molar-refractivity contribution in [2.45, 2.75) is 13.1 Å². The second-order valence-electron chi connectivity index (χ2n) is 5.54. The number of alkyl halides is 3. The normalized spacial score (nSPS) is 11.6. The number of nitrogens with zero attached hydrogens (tertiary/aromatic N) is 2. The lowest BCUT2D eigenvalue weighted by molar-refractivity contribution is -0.384. The standard InChI is InChI=1S/C17H11BrF3N3O2/c1-9-12(17(19,20)21)3-2-4-13(9)23-16-11-7-10(18)5-6-14(11)22-8-15(16)24(25)26/h2-8H,1H3,(H,22,23). The molecule has 0 atom stereocenters. The van der Waals surface area contributed by atoms with Gasteiger partial charge in [0, 0.05) is 15.5 Å². The first-order chi connectivity index (χ1) is 12.2. The minimum absolute atomic E-state index is 0.0470. The van der Waals surface area contributed by atoms with E-state index in [1.54, 1.807) is 18.2 Å². The van der Waals surface area contributed by atoms with Gasteiger partial charge in [0.2, 0.25) is 0 Å². The lowest BCUT2D eigenvalue weighted by Crippen LogP contribution is -2.09. The summed E-state index contributed by atoms with van der Waals surface area (Å²) in [5, 5.41) is 14.6. The summed E-state index contributed by atoms with van der Waals surface area (Å²) in [6.07, 6.45) is -3.43. The van der Waals surface area contributed by atoms with Gasteiger partial charge in [-0.1, -0.05) is 22.0 Å². The van der Waals surface area contributed by atoms with Crippen molar-refractivity contribution in [2.75, 3.05) is 5.32 Å². The highest BCUT2D eigenvalue weighted by atomic mass is 79.9. The Balaban J connectivity index is 2.22. The summed E-state index contributed by atoms with van der Waals surface area (Å²) in [4.78, 5) is 14.8. The maximum atomic E-state index is 13.1. The Morgan fingerprint density at radius 2 is 1.96 bits per heavy atom. The van der Waals surface area contributed by atoms with Crippen LogP contribution in [0.25, 0.3) is 10.9 Å². The number of fused-ring (bicyclic) bond motifs is 1. The Labute approximate surface area is 154 Å². The van der Waals surface area contributed by atoms with Crippen molar-refractivity contribution in [1.82, 2.24) is 4.98 Å². The molecule has 0 bridgehead atoms. The third-order valence-electron chi connectivity index (χ3n) is 3.91. The predicted molar refractivity (Wildman–Crippen MR) is 95.6 cm³/mol.